The van der Waals surface area contributed by atoms with E-state index in [-0.39, 0.29) is 0 Å². The molecule has 0 radical (unpaired) electrons. The summed E-state index contributed by atoms with van der Waals surface area (Å²) in [5.74, 6) is 2.00. The van der Waals surface area contributed by atoms with Crippen molar-refractivity contribution < 1.29 is 0 Å². The van der Waals surface area contributed by atoms with E-state index < -0.39 is 0 Å². The van der Waals surface area contributed by atoms with E-state index in [4.69, 9.17) is 11.6 Å². The maximum absolute atomic E-state index is 5.83. The zero-order valence-electron chi connectivity index (χ0n) is 10.8. The van der Waals surface area contributed by atoms with Gasteiger partial charge in [-0.15, -0.1) is 11.6 Å². The van der Waals surface area contributed by atoms with E-state index >= 15 is 0 Å². The zero-order valence-corrected chi connectivity index (χ0v) is 11.5. The molecule has 0 N–H and O–H groups in total. The van der Waals surface area contributed by atoms with Crippen LogP contribution in [0.2, 0.25) is 0 Å². The normalized spacial score (nSPS) is 20.3. The topological polar surface area (TPSA) is 29.0 Å². The van der Waals surface area contributed by atoms with Crippen molar-refractivity contribution in [2.45, 2.75) is 45.5 Å². The highest BCUT2D eigenvalue weighted by atomic mass is 35.5. The van der Waals surface area contributed by atoms with Crippen LogP contribution in [0.1, 0.15) is 37.9 Å². The molecular weight excluding hydrogens is 234 g/mol. The van der Waals surface area contributed by atoms with Crippen LogP contribution in [0.15, 0.2) is 6.20 Å². The van der Waals surface area contributed by atoms with Crippen molar-refractivity contribution >= 4 is 17.5 Å². The number of rotatable bonds is 3. The van der Waals surface area contributed by atoms with E-state index in [0.29, 0.717) is 17.8 Å². The van der Waals surface area contributed by atoms with Gasteiger partial charge in [0.15, 0.2) is 0 Å². The third-order valence-corrected chi connectivity index (χ3v) is 3.83. The molecule has 1 aliphatic rings. The molecule has 1 saturated heterocycles. The van der Waals surface area contributed by atoms with Gasteiger partial charge in [0.2, 0.25) is 5.95 Å². The van der Waals surface area contributed by atoms with Crippen LogP contribution >= 0.6 is 11.6 Å². The Kier molecular flexibility index (Phi) is 3.87. The Balaban J connectivity index is 2.24. The number of nitrogens with zero attached hydrogens (tertiary/aromatic N) is 3. The summed E-state index contributed by atoms with van der Waals surface area (Å²) in [5.41, 5.74) is 2.02. The summed E-state index contributed by atoms with van der Waals surface area (Å²) >= 11 is 5.83. The monoisotopic (exact) mass is 253 g/mol. The SMILES string of the molecule is Cc1nc(N2CCCC2C(C)C)ncc1CCl. The molecule has 1 aromatic rings. The summed E-state index contributed by atoms with van der Waals surface area (Å²) < 4.78 is 0. The molecule has 0 spiro atoms. The van der Waals surface area contributed by atoms with Gasteiger partial charge >= 0.3 is 0 Å². The fourth-order valence-electron chi connectivity index (χ4n) is 2.48. The van der Waals surface area contributed by atoms with E-state index in [1.165, 1.54) is 12.8 Å². The Morgan fingerprint density at radius 3 is 2.88 bits per heavy atom. The molecule has 1 atom stereocenters. The standard InChI is InChI=1S/C13H20ClN3/c1-9(2)12-5-4-6-17(12)13-15-8-11(7-14)10(3)16-13/h8-9,12H,4-7H2,1-3H3. The Morgan fingerprint density at radius 1 is 1.53 bits per heavy atom. The number of halogens is 1. The summed E-state index contributed by atoms with van der Waals surface area (Å²) in [5, 5.41) is 0. The predicted molar refractivity (Wildman–Crippen MR) is 71.5 cm³/mol. The molecule has 0 bridgehead atoms. The summed E-state index contributed by atoms with van der Waals surface area (Å²) in [4.78, 5) is 11.4. The molecule has 0 amide bonds. The van der Waals surface area contributed by atoms with Crippen LogP contribution in [-0.4, -0.2) is 22.6 Å². The number of hydrogen-bond donors (Lipinski definition) is 0. The van der Waals surface area contributed by atoms with Gasteiger partial charge in [0.25, 0.3) is 0 Å². The van der Waals surface area contributed by atoms with Crippen molar-refractivity contribution in [3.05, 3.63) is 17.5 Å². The van der Waals surface area contributed by atoms with Crippen molar-refractivity contribution in [1.29, 1.82) is 0 Å². The minimum absolute atomic E-state index is 0.486. The van der Waals surface area contributed by atoms with Crippen LogP contribution in [0.4, 0.5) is 5.95 Å². The van der Waals surface area contributed by atoms with Gasteiger partial charge < -0.3 is 4.90 Å². The van der Waals surface area contributed by atoms with Crippen molar-refractivity contribution in [3.63, 3.8) is 0 Å². The molecule has 1 aromatic heterocycles. The maximum atomic E-state index is 5.83. The average molecular weight is 254 g/mol. The third-order valence-electron chi connectivity index (χ3n) is 3.54. The molecule has 1 aliphatic heterocycles. The maximum Gasteiger partial charge on any atom is 0.225 e. The Morgan fingerprint density at radius 2 is 2.29 bits per heavy atom. The Hall–Kier alpha value is -0.830. The van der Waals surface area contributed by atoms with E-state index in [1.807, 2.05) is 13.1 Å². The van der Waals surface area contributed by atoms with Gasteiger partial charge in [-0.2, -0.15) is 0 Å². The van der Waals surface area contributed by atoms with Crippen molar-refractivity contribution in [1.82, 2.24) is 9.97 Å². The number of hydrogen-bond acceptors (Lipinski definition) is 3. The number of aromatic nitrogens is 2. The highest BCUT2D eigenvalue weighted by molar-refractivity contribution is 6.17. The third kappa shape index (κ3) is 2.54. The van der Waals surface area contributed by atoms with Gasteiger partial charge in [-0.1, -0.05) is 13.8 Å². The average Bonchev–Trinajstić information content (AvgIpc) is 2.77. The van der Waals surface area contributed by atoms with Gasteiger partial charge in [-0.3, -0.25) is 0 Å². The summed E-state index contributed by atoms with van der Waals surface area (Å²) in [6.07, 6.45) is 4.35. The zero-order chi connectivity index (χ0) is 12.4. The quantitative estimate of drug-likeness (QED) is 0.775. The summed E-state index contributed by atoms with van der Waals surface area (Å²) in [6.45, 7) is 7.61. The van der Waals surface area contributed by atoms with Crippen LogP contribution in [0, 0.1) is 12.8 Å². The van der Waals surface area contributed by atoms with Crippen molar-refractivity contribution in [2.24, 2.45) is 5.92 Å². The van der Waals surface area contributed by atoms with Crippen LogP contribution in [0.3, 0.4) is 0 Å². The van der Waals surface area contributed by atoms with E-state index in [0.717, 1.165) is 23.8 Å². The fraction of sp³-hybridized carbons (Fsp3) is 0.692. The molecule has 4 heteroatoms. The number of anilines is 1. The highest BCUT2D eigenvalue weighted by Gasteiger charge is 2.28. The van der Waals surface area contributed by atoms with Gasteiger partial charge in [0.05, 0.1) is 5.88 Å². The summed E-state index contributed by atoms with van der Waals surface area (Å²) in [7, 11) is 0. The Bertz CT molecular complexity index is 392. The highest BCUT2D eigenvalue weighted by Crippen LogP contribution is 2.27. The molecule has 94 valence electrons. The van der Waals surface area contributed by atoms with Gasteiger partial charge in [-0.25, -0.2) is 9.97 Å². The molecule has 1 unspecified atom stereocenters. The molecule has 2 heterocycles. The van der Waals surface area contributed by atoms with Crippen LogP contribution in [0.5, 0.6) is 0 Å². The molecule has 0 aliphatic carbocycles. The second kappa shape index (κ2) is 5.21. The first-order valence-corrected chi connectivity index (χ1v) is 6.82. The molecule has 17 heavy (non-hydrogen) atoms. The number of aryl methyl sites for hydroxylation is 1. The molecular formula is C13H20ClN3. The molecule has 1 fully saturated rings. The first kappa shape index (κ1) is 12.6. The second-order valence-electron chi connectivity index (χ2n) is 5.06. The lowest BCUT2D eigenvalue weighted by Gasteiger charge is -2.27. The predicted octanol–water partition coefficient (Wildman–Crippen LogP) is 3.15. The smallest absolute Gasteiger partial charge is 0.225 e. The van der Waals surface area contributed by atoms with Gasteiger partial charge in [0.1, 0.15) is 0 Å². The first-order chi connectivity index (χ1) is 8.13. The molecule has 0 saturated carbocycles. The van der Waals surface area contributed by atoms with Crippen LogP contribution in [0.25, 0.3) is 0 Å². The second-order valence-corrected chi connectivity index (χ2v) is 5.33. The molecule has 0 aromatic carbocycles. The number of alkyl halides is 1. The van der Waals surface area contributed by atoms with E-state index in [2.05, 4.69) is 28.7 Å². The van der Waals surface area contributed by atoms with E-state index in [1.54, 1.807) is 0 Å². The molecule has 2 rings (SSSR count). The van der Waals surface area contributed by atoms with Crippen LogP contribution < -0.4 is 4.90 Å². The lowest BCUT2D eigenvalue weighted by Crippen LogP contribution is -2.34. The van der Waals surface area contributed by atoms with Gasteiger partial charge in [-0.05, 0) is 25.7 Å². The largest absolute Gasteiger partial charge is 0.338 e. The minimum Gasteiger partial charge on any atom is -0.338 e. The lowest BCUT2D eigenvalue weighted by atomic mass is 10.0. The molecule has 3 nitrogen and oxygen atoms in total. The van der Waals surface area contributed by atoms with E-state index in [9.17, 15) is 0 Å². The van der Waals surface area contributed by atoms with Crippen LogP contribution in [-0.2, 0) is 5.88 Å². The van der Waals surface area contributed by atoms with Gasteiger partial charge in [0, 0.05) is 30.0 Å². The summed E-state index contributed by atoms with van der Waals surface area (Å²) in [6, 6.07) is 0.580. The fourth-order valence-corrected chi connectivity index (χ4v) is 2.75. The first-order valence-electron chi connectivity index (χ1n) is 6.28. The van der Waals surface area contributed by atoms with Crippen molar-refractivity contribution in [3.8, 4) is 0 Å². The lowest BCUT2D eigenvalue weighted by molar-refractivity contribution is 0.486. The Labute approximate surface area is 108 Å². The minimum atomic E-state index is 0.486. The van der Waals surface area contributed by atoms with Crippen molar-refractivity contribution in [2.75, 3.05) is 11.4 Å².